The topological polar surface area (TPSA) is 179 Å². The molecule has 2 amide bonds. The van der Waals surface area contributed by atoms with Crippen LogP contribution >= 0.6 is 23.2 Å². The van der Waals surface area contributed by atoms with E-state index in [9.17, 15) is 26.4 Å². The van der Waals surface area contributed by atoms with Gasteiger partial charge in [-0.15, -0.1) is 0 Å². The maximum atomic E-state index is 14.9. The number of allylic oxidation sites excluding steroid dienone is 1. The van der Waals surface area contributed by atoms with Crippen molar-refractivity contribution in [1.82, 2.24) is 9.44 Å². The molecular weight excluding hydrogens is 1180 g/mol. The van der Waals surface area contributed by atoms with Gasteiger partial charge in [0.1, 0.15) is 24.2 Å². The van der Waals surface area contributed by atoms with Gasteiger partial charge in [-0.3, -0.25) is 9.59 Å². The van der Waals surface area contributed by atoms with Crippen molar-refractivity contribution in [1.29, 1.82) is 0 Å². The molecule has 5 aliphatic heterocycles. The Hall–Kier alpha value is -4.88. The van der Waals surface area contributed by atoms with Gasteiger partial charge in [-0.1, -0.05) is 67.8 Å². The molecule has 87 heavy (non-hydrogen) atoms. The monoisotopic (exact) mass is 1270 g/mol. The Kier molecular flexibility index (Phi) is 17.7. The summed E-state index contributed by atoms with van der Waals surface area (Å²) in [4.78, 5) is 33.6. The molecule has 1 unspecified atom stereocenters. The number of benzene rings is 4. The molecule has 4 bridgehead atoms. The van der Waals surface area contributed by atoms with Crippen molar-refractivity contribution < 1.29 is 50.1 Å². The molecule has 15 nitrogen and oxygen atoms in total. The summed E-state index contributed by atoms with van der Waals surface area (Å²) in [5.74, 6) is -0.238. The number of hydrogen-bond acceptors (Lipinski definition) is 13. The summed E-state index contributed by atoms with van der Waals surface area (Å²) in [5, 5.41) is -0.408. The van der Waals surface area contributed by atoms with Gasteiger partial charge in [0.15, 0.2) is 0 Å². The summed E-state index contributed by atoms with van der Waals surface area (Å²) in [7, 11) is -6.50. The Balaban J connectivity index is 0.921. The van der Waals surface area contributed by atoms with Gasteiger partial charge in [-0.05, 0) is 217 Å². The number of carbonyl (C=O) groups is 2. The first-order valence-electron chi connectivity index (χ1n) is 31.8. The number of fused-ring (bicyclic) bond motifs is 8. The maximum Gasteiger partial charge on any atom is 0.264 e. The number of methoxy groups -OCH3 is 1. The Labute approximate surface area is 525 Å². The number of anilines is 2. The van der Waals surface area contributed by atoms with Gasteiger partial charge in [0.05, 0.1) is 52.9 Å². The molecule has 12 atom stereocenters. The van der Waals surface area contributed by atoms with Crippen molar-refractivity contribution in [2.24, 2.45) is 35.5 Å². The lowest BCUT2D eigenvalue weighted by Gasteiger charge is -2.54. The summed E-state index contributed by atoms with van der Waals surface area (Å²) in [6.45, 7) is 12.8. The van der Waals surface area contributed by atoms with Crippen LogP contribution in [0.3, 0.4) is 0 Å². The lowest BCUT2D eigenvalue weighted by molar-refractivity contribution is -0.238. The number of carbonyl (C=O) groups excluding carboxylic acids is 2. The number of amides is 2. The summed E-state index contributed by atoms with van der Waals surface area (Å²) >= 11 is 13.2. The molecule has 3 fully saturated rings. The molecule has 1 saturated heterocycles. The number of sulfonamides is 2. The minimum Gasteiger partial charge on any atom is -0.490 e. The van der Waals surface area contributed by atoms with E-state index in [1.165, 1.54) is 11.1 Å². The third kappa shape index (κ3) is 12.3. The lowest BCUT2D eigenvalue weighted by Crippen LogP contribution is -2.57. The molecule has 8 aliphatic rings. The zero-order valence-electron chi connectivity index (χ0n) is 51.2. The van der Waals surface area contributed by atoms with Crippen molar-refractivity contribution >= 4 is 66.4 Å². The number of halogens is 2. The van der Waals surface area contributed by atoms with Crippen LogP contribution in [-0.4, -0.2) is 103 Å². The van der Waals surface area contributed by atoms with Gasteiger partial charge in [-0.2, -0.15) is 0 Å². The third-order valence-electron chi connectivity index (χ3n) is 21.9. The Morgan fingerprint density at radius 1 is 0.667 bits per heavy atom. The van der Waals surface area contributed by atoms with Gasteiger partial charge in [0.25, 0.3) is 11.8 Å². The van der Waals surface area contributed by atoms with Crippen LogP contribution < -0.4 is 28.7 Å². The van der Waals surface area contributed by atoms with Crippen LogP contribution in [0.1, 0.15) is 166 Å². The molecule has 470 valence electrons. The highest BCUT2D eigenvalue weighted by atomic mass is 35.5. The quantitative estimate of drug-likeness (QED) is 0.181. The predicted molar refractivity (Wildman–Crippen MR) is 340 cm³/mol. The van der Waals surface area contributed by atoms with E-state index in [4.69, 9.17) is 46.9 Å². The highest BCUT2D eigenvalue weighted by Crippen LogP contribution is 2.54. The first kappa shape index (κ1) is 62.3. The molecule has 5 heterocycles. The zero-order valence-corrected chi connectivity index (χ0v) is 54.4. The molecule has 2 spiro atoms. The van der Waals surface area contributed by atoms with Gasteiger partial charge in [-0.25, -0.2) is 26.3 Å². The van der Waals surface area contributed by atoms with E-state index in [0.717, 1.165) is 81.0 Å². The molecular formula is C68H86Cl2N4O11S2. The van der Waals surface area contributed by atoms with Crippen LogP contribution in [0.15, 0.2) is 78.9 Å². The molecule has 19 heteroatoms. The second-order valence-electron chi connectivity index (χ2n) is 27.1. The van der Waals surface area contributed by atoms with Crippen LogP contribution in [0, 0.1) is 35.5 Å². The average molecular weight is 1270 g/mol. The third-order valence-corrected chi connectivity index (χ3v) is 26.2. The normalized spacial score (nSPS) is 34.0. The van der Waals surface area contributed by atoms with E-state index in [0.29, 0.717) is 97.9 Å². The van der Waals surface area contributed by atoms with Crippen LogP contribution in [0.2, 0.25) is 10.0 Å². The van der Waals surface area contributed by atoms with Crippen molar-refractivity contribution in [3.05, 3.63) is 128 Å². The number of nitrogens with one attached hydrogen (secondary N) is 2. The number of hydrogen-bond donors (Lipinski definition) is 2. The van der Waals surface area contributed by atoms with Crippen LogP contribution in [0.5, 0.6) is 11.5 Å². The minimum absolute atomic E-state index is 0.0495. The lowest BCUT2D eigenvalue weighted by atomic mass is 9.63. The summed E-state index contributed by atoms with van der Waals surface area (Å²) in [6, 6.07) is 20.9. The van der Waals surface area contributed by atoms with Crippen LogP contribution in [0.25, 0.3) is 0 Å². The van der Waals surface area contributed by atoms with Gasteiger partial charge >= 0.3 is 0 Å². The summed E-state index contributed by atoms with van der Waals surface area (Å²) in [5.41, 5.74) is 5.21. The molecule has 4 aromatic carbocycles. The highest BCUT2D eigenvalue weighted by Gasteiger charge is 2.53. The van der Waals surface area contributed by atoms with Crippen molar-refractivity contribution in [2.75, 3.05) is 62.9 Å². The summed E-state index contributed by atoms with van der Waals surface area (Å²) < 4.78 is 96.9. The smallest absolute Gasteiger partial charge is 0.264 e. The largest absolute Gasteiger partial charge is 0.490 e. The Morgan fingerprint density at radius 2 is 1.36 bits per heavy atom. The fourth-order valence-electron chi connectivity index (χ4n) is 15.8. The van der Waals surface area contributed by atoms with Crippen molar-refractivity contribution in [3.8, 4) is 11.5 Å². The van der Waals surface area contributed by atoms with Crippen LogP contribution in [0.4, 0.5) is 11.4 Å². The Morgan fingerprint density at radius 3 is 2.08 bits per heavy atom. The van der Waals surface area contributed by atoms with Crippen LogP contribution in [-0.2, 0) is 59.1 Å². The SMILES string of the molecule is CO[C@@]1(C)/C=C/C[C@H](C)[C@@H](C)S(=O)(=O)NC(=O)c2cc(C3CO[C@]4(CCC[C@H](C)[C@@H](C)S(=O)(=O)NC(=O)c5ccc6c(c5)N(CCCCc5cc(Cl)ccc5CO6)C[C@@H]5CC[C@H]54)CO3)c3c(c2)N(C[C@@H]2CC[C@H]21)C[C@@]1(CCCc2cc(Cl)ccc21)CO3. The molecule has 0 aromatic heterocycles. The van der Waals surface area contributed by atoms with Crippen molar-refractivity contribution in [2.45, 2.75) is 164 Å². The van der Waals surface area contributed by atoms with E-state index in [-0.39, 0.29) is 59.8 Å². The van der Waals surface area contributed by atoms with Gasteiger partial charge < -0.3 is 33.5 Å². The molecule has 12 rings (SSSR count). The minimum atomic E-state index is -4.17. The number of aryl methyl sites for hydroxylation is 2. The zero-order chi connectivity index (χ0) is 61.2. The number of nitrogens with zero attached hydrogens (tertiary/aromatic N) is 2. The average Bonchev–Trinajstić information content (AvgIpc) is 1.84. The van der Waals surface area contributed by atoms with E-state index in [2.05, 4.69) is 50.5 Å². The van der Waals surface area contributed by atoms with Gasteiger partial charge in [0, 0.05) is 65.4 Å². The molecule has 0 radical (unpaired) electrons. The first-order valence-corrected chi connectivity index (χ1v) is 35.7. The maximum absolute atomic E-state index is 14.9. The summed E-state index contributed by atoms with van der Waals surface area (Å²) in [6.07, 6.45) is 14.8. The number of rotatable bonds is 2. The van der Waals surface area contributed by atoms with E-state index >= 15 is 0 Å². The fraction of sp³-hybridized carbons (Fsp3) is 0.588. The highest BCUT2D eigenvalue weighted by molar-refractivity contribution is 7.91. The van der Waals surface area contributed by atoms with E-state index in [1.54, 1.807) is 45.2 Å². The second-order valence-corrected chi connectivity index (χ2v) is 32.1. The second kappa shape index (κ2) is 24.7. The molecule has 3 aliphatic carbocycles. The molecule has 4 aromatic rings. The first-order chi connectivity index (χ1) is 41.6. The van der Waals surface area contributed by atoms with Crippen molar-refractivity contribution in [3.63, 3.8) is 0 Å². The predicted octanol–water partition coefficient (Wildman–Crippen LogP) is 12.5. The fourth-order valence-corrected chi connectivity index (χ4v) is 18.8. The number of ether oxygens (including phenoxy) is 5. The van der Waals surface area contributed by atoms with E-state index in [1.807, 2.05) is 44.2 Å². The molecule has 2 saturated carbocycles. The van der Waals surface area contributed by atoms with Gasteiger partial charge in [0.2, 0.25) is 20.0 Å². The van der Waals surface area contributed by atoms with E-state index < -0.39 is 65.1 Å². The molecule has 2 N–H and O–H groups in total. The standard InChI is InChI=1S/C68H86Cl2N4O11S2/c1-42-12-9-26-66(5,81-6)56-22-17-49(56)36-74-39-67(27-11-15-47-31-54(70)21-24-57(47)67)40-84-63-55(32-52(34-60(63)74)65(76)72-87(79,80)44(42)3)62-38-85-68(41-83-62)28-10-13-43(2)45(4)86(77,78)71-64(75)48-19-25-61-59(33-48)73(35-50-18-23-58(50)68)29-8-7-14-46-30-53(69)20-16-51(46)37-82-61/h9,16,19-21,24-26,30-34,42-45,49-50,56,58,62H,7-8,10-15,17-18,22-23,27-29,35-41H2,1-6H3,(H,71,75)(H,72,76)/b26-9+/t42-,43-,44+,45+,49-,50-,56+,58+,62?,66-,67-,68+/m0/s1. The Bertz CT molecular complexity index is 3540.